The van der Waals surface area contributed by atoms with E-state index in [1.165, 1.54) is 17.7 Å². The Morgan fingerprint density at radius 1 is 1.25 bits per heavy atom. The molecule has 2 nitrogen and oxygen atoms in total. The first-order valence-electron chi connectivity index (χ1n) is 7.86. The standard InChI is InChI=1S/C17H29ClN2/c1-5-10-19-12-15-8-9-16(18)11-17(15)20(7-3)13-14(4)6-2/h8-9,11,14,19H,5-7,10,12-13H2,1-4H3. The van der Waals surface area contributed by atoms with Crippen molar-refractivity contribution in [2.45, 2.75) is 47.1 Å². The molecule has 1 atom stereocenters. The molecule has 0 bridgehead atoms. The molecule has 1 unspecified atom stereocenters. The van der Waals surface area contributed by atoms with Crippen LogP contribution in [0.2, 0.25) is 5.02 Å². The Hall–Kier alpha value is -0.730. The van der Waals surface area contributed by atoms with Crippen LogP contribution in [0.3, 0.4) is 0 Å². The molecule has 114 valence electrons. The first-order valence-corrected chi connectivity index (χ1v) is 8.24. The van der Waals surface area contributed by atoms with Crippen molar-refractivity contribution in [2.24, 2.45) is 5.92 Å². The summed E-state index contributed by atoms with van der Waals surface area (Å²) in [6, 6.07) is 6.25. The molecular formula is C17H29ClN2. The van der Waals surface area contributed by atoms with Crippen molar-refractivity contribution in [2.75, 3.05) is 24.5 Å². The maximum atomic E-state index is 6.20. The van der Waals surface area contributed by atoms with Gasteiger partial charge < -0.3 is 10.2 Å². The minimum atomic E-state index is 0.699. The van der Waals surface area contributed by atoms with Crippen LogP contribution in [-0.2, 0) is 6.54 Å². The molecule has 0 aromatic heterocycles. The predicted molar refractivity (Wildman–Crippen MR) is 90.8 cm³/mol. The van der Waals surface area contributed by atoms with Gasteiger partial charge in [-0.15, -0.1) is 0 Å². The molecule has 1 rings (SSSR count). The number of rotatable bonds is 9. The Morgan fingerprint density at radius 2 is 2.00 bits per heavy atom. The molecule has 0 heterocycles. The number of benzene rings is 1. The average molecular weight is 297 g/mol. The van der Waals surface area contributed by atoms with E-state index in [1.54, 1.807) is 0 Å². The van der Waals surface area contributed by atoms with Crippen molar-refractivity contribution in [1.29, 1.82) is 0 Å². The summed E-state index contributed by atoms with van der Waals surface area (Å²) in [5.74, 6) is 0.699. The number of hydrogen-bond acceptors (Lipinski definition) is 2. The topological polar surface area (TPSA) is 15.3 Å². The third kappa shape index (κ3) is 5.34. The Morgan fingerprint density at radius 3 is 2.60 bits per heavy atom. The highest BCUT2D eigenvalue weighted by molar-refractivity contribution is 6.30. The minimum Gasteiger partial charge on any atom is -0.371 e. The molecule has 1 N–H and O–H groups in total. The fourth-order valence-electron chi connectivity index (χ4n) is 2.28. The van der Waals surface area contributed by atoms with Gasteiger partial charge in [-0.05, 0) is 43.5 Å². The van der Waals surface area contributed by atoms with E-state index in [0.717, 1.165) is 37.6 Å². The van der Waals surface area contributed by atoms with Crippen molar-refractivity contribution in [3.05, 3.63) is 28.8 Å². The first-order chi connectivity index (χ1) is 9.62. The van der Waals surface area contributed by atoms with Crippen LogP contribution in [0, 0.1) is 5.92 Å². The van der Waals surface area contributed by atoms with Crippen LogP contribution in [0.5, 0.6) is 0 Å². The van der Waals surface area contributed by atoms with Gasteiger partial charge in [0, 0.05) is 30.3 Å². The van der Waals surface area contributed by atoms with E-state index < -0.39 is 0 Å². The average Bonchev–Trinajstić information content (AvgIpc) is 2.46. The van der Waals surface area contributed by atoms with Crippen LogP contribution in [-0.4, -0.2) is 19.6 Å². The summed E-state index contributed by atoms with van der Waals surface area (Å²) in [7, 11) is 0. The summed E-state index contributed by atoms with van der Waals surface area (Å²) in [5, 5.41) is 4.31. The van der Waals surface area contributed by atoms with Gasteiger partial charge in [0.15, 0.2) is 0 Å². The van der Waals surface area contributed by atoms with Crippen molar-refractivity contribution in [1.82, 2.24) is 5.32 Å². The van der Waals surface area contributed by atoms with Gasteiger partial charge in [-0.3, -0.25) is 0 Å². The molecule has 1 aromatic rings. The normalized spacial score (nSPS) is 12.4. The molecule has 20 heavy (non-hydrogen) atoms. The number of anilines is 1. The van der Waals surface area contributed by atoms with Gasteiger partial charge in [-0.25, -0.2) is 0 Å². The van der Waals surface area contributed by atoms with E-state index in [2.05, 4.69) is 50.0 Å². The van der Waals surface area contributed by atoms with Gasteiger partial charge >= 0.3 is 0 Å². The van der Waals surface area contributed by atoms with Crippen LogP contribution < -0.4 is 10.2 Å². The summed E-state index contributed by atoms with van der Waals surface area (Å²) in [6.07, 6.45) is 2.37. The molecule has 0 aliphatic heterocycles. The van der Waals surface area contributed by atoms with Crippen molar-refractivity contribution in [3.8, 4) is 0 Å². The molecule has 0 amide bonds. The molecular weight excluding hydrogens is 268 g/mol. The van der Waals surface area contributed by atoms with E-state index >= 15 is 0 Å². The number of hydrogen-bond donors (Lipinski definition) is 1. The SMILES string of the molecule is CCCNCc1ccc(Cl)cc1N(CC)CC(C)CC. The number of nitrogens with one attached hydrogen (secondary N) is 1. The molecule has 0 aliphatic carbocycles. The second-order valence-electron chi connectivity index (χ2n) is 5.50. The Labute approximate surface area is 129 Å². The number of halogens is 1. The molecule has 0 radical (unpaired) electrons. The van der Waals surface area contributed by atoms with Gasteiger partial charge in [0.25, 0.3) is 0 Å². The second kappa shape index (κ2) is 9.25. The van der Waals surface area contributed by atoms with E-state index in [9.17, 15) is 0 Å². The van der Waals surface area contributed by atoms with Crippen molar-refractivity contribution >= 4 is 17.3 Å². The quantitative estimate of drug-likeness (QED) is 0.664. The highest BCUT2D eigenvalue weighted by atomic mass is 35.5. The molecule has 0 saturated carbocycles. The van der Waals surface area contributed by atoms with E-state index in [-0.39, 0.29) is 0 Å². The lowest BCUT2D eigenvalue weighted by atomic mass is 10.1. The third-order valence-corrected chi connectivity index (χ3v) is 3.98. The first kappa shape index (κ1) is 17.3. The fraction of sp³-hybridized carbons (Fsp3) is 0.647. The smallest absolute Gasteiger partial charge is 0.0426 e. The highest BCUT2D eigenvalue weighted by Gasteiger charge is 2.13. The van der Waals surface area contributed by atoms with Gasteiger partial charge in [0.1, 0.15) is 0 Å². The predicted octanol–water partition coefficient (Wildman–Crippen LogP) is 4.71. The minimum absolute atomic E-state index is 0.699. The molecule has 0 aliphatic rings. The monoisotopic (exact) mass is 296 g/mol. The number of nitrogens with zero attached hydrogens (tertiary/aromatic N) is 1. The van der Waals surface area contributed by atoms with Crippen molar-refractivity contribution < 1.29 is 0 Å². The molecule has 0 spiro atoms. The van der Waals surface area contributed by atoms with Crippen LogP contribution in [0.4, 0.5) is 5.69 Å². The lowest BCUT2D eigenvalue weighted by molar-refractivity contribution is 0.546. The van der Waals surface area contributed by atoms with Crippen molar-refractivity contribution in [3.63, 3.8) is 0 Å². The molecule has 1 aromatic carbocycles. The Bertz CT molecular complexity index is 393. The largest absolute Gasteiger partial charge is 0.371 e. The summed E-state index contributed by atoms with van der Waals surface area (Å²) in [4.78, 5) is 2.45. The van der Waals surface area contributed by atoms with Crippen LogP contribution in [0.25, 0.3) is 0 Å². The van der Waals surface area contributed by atoms with E-state index in [0.29, 0.717) is 5.92 Å². The van der Waals surface area contributed by atoms with E-state index in [4.69, 9.17) is 11.6 Å². The summed E-state index contributed by atoms with van der Waals surface area (Å²) in [5.41, 5.74) is 2.62. The molecule has 0 fully saturated rings. The van der Waals surface area contributed by atoms with Gasteiger partial charge in [-0.2, -0.15) is 0 Å². The zero-order valence-electron chi connectivity index (χ0n) is 13.4. The van der Waals surface area contributed by atoms with Crippen LogP contribution in [0.1, 0.15) is 46.1 Å². The van der Waals surface area contributed by atoms with Gasteiger partial charge in [0.2, 0.25) is 0 Å². The fourth-order valence-corrected chi connectivity index (χ4v) is 2.45. The maximum Gasteiger partial charge on any atom is 0.0426 e. The van der Waals surface area contributed by atoms with Crippen LogP contribution >= 0.6 is 11.6 Å². The molecule has 3 heteroatoms. The van der Waals surface area contributed by atoms with Gasteiger partial charge in [-0.1, -0.05) is 44.9 Å². The van der Waals surface area contributed by atoms with Crippen LogP contribution in [0.15, 0.2) is 18.2 Å². The second-order valence-corrected chi connectivity index (χ2v) is 5.94. The third-order valence-electron chi connectivity index (χ3n) is 3.74. The zero-order chi connectivity index (χ0) is 15.0. The van der Waals surface area contributed by atoms with E-state index in [1.807, 2.05) is 6.07 Å². The summed E-state index contributed by atoms with van der Waals surface area (Å²) in [6.45, 7) is 13.0. The lowest BCUT2D eigenvalue weighted by Gasteiger charge is -2.28. The zero-order valence-corrected chi connectivity index (χ0v) is 14.1. The highest BCUT2D eigenvalue weighted by Crippen LogP contribution is 2.26. The Balaban J connectivity index is 2.90. The maximum absolute atomic E-state index is 6.20. The molecule has 0 saturated heterocycles. The lowest BCUT2D eigenvalue weighted by Crippen LogP contribution is -2.29. The Kier molecular flexibility index (Phi) is 8.01. The summed E-state index contributed by atoms with van der Waals surface area (Å²) < 4.78 is 0. The van der Waals surface area contributed by atoms with Gasteiger partial charge in [0.05, 0.1) is 0 Å². The summed E-state index contributed by atoms with van der Waals surface area (Å²) >= 11 is 6.20.